The van der Waals surface area contributed by atoms with Crippen LogP contribution in [0.2, 0.25) is 0 Å². The first-order valence-corrected chi connectivity index (χ1v) is 8.17. The van der Waals surface area contributed by atoms with Crippen molar-refractivity contribution in [2.75, 3.05) is 7.11 Å². The van der Waals surface area contributed by atoms with Gasteiger partial charge in [-0.1, -0.05) is 0 Å². The van der Waals surface area contributed by atoms with Crippen molar-refractivity contribution >= 4 is 5.97 Å². The zero-order chi connectivity index (χ0) is 21.4. The minimum atomic E-state index is -4.69. The van der Waals surface area contributed by atoms with Crippen LogP contribution < -0.4 is 4.74 Å². The Morgan fingerprint density at radius 2 is 1.89 bits per heavy atom. The van der Waals surface area contributed by atoms with Gasteiger partial charge in [-0.05, 0) is 32.9 Å². The van der Waals surface area contributed by atoms with Gasteiger partial charge in [-0.15, -0.1) is 0 Å². The number of halogens is 4. The molecular formula is C18H20F4N2O4. The van der Waals surface area contributed by atoms with E-state index in [2.05, 4.69) is 9.72 Å². The van der Waals surface area contributed by atoms with Crippen LogP contribution in [0, 0.1) is 5.82 Å². The molecule has 0 fully saturated rings. The Morgan fingerprint density at radius 3 is 2.36 bits per heavy atom. The van der Waals surface area contributed by atoms with Crippen molar-refractivity contribution in [3.05, 3.63) is 35.5 Å². The minimum absolute atomic E-state index is 0.0538. The van der Waals surface area contributed by atoms with E-state index >= 15 is 0 Å². The van der Waals surface area contributed by atoms with Gasteiger partial charge in [-0.2, -0.15) is 13.2 Å². The highest BCUT2D eigenvalue weighted by atomic mass is 19.4. The van der Waals surface area contributed by atoms with Gasteiger partial charge in [0.05, 0.1) is 12.8 Å². The Balaban J connectivity index is 2.61. The van der Waals surface area contributed by atoms with Crippen LogP contribution >= 0.6 is 0 Å². The lowest BCUT2D eigenvalue weighted by molar-refractivity contribution is -0.189. The number of carbonyl (C=O) groups excluding carboxylic acids is 1. The van der Waals surface area contributed by atoms with Crippen LogP contribution in [0.15, 0.2) is 18.3 Å². The number of carbonyl (C=O) groups is 1. The molecule has 0 radical (unpaired) electrons. The number of ether oxygens (including phenoxy) is 2. The molecule has 0 spiro atoms. The highest BCUT2D eigenvalue weighted by molar-refractivity contribution is 5.93. The molecule has 28 heavy (non-hydrogen) atoms. The van der Waals surface area contributed by atoms with Gasteiger partial charge in [0.15, 0.2) is 6.10 Å². The maximum Gasteiger partial charge on any atom is 0.425 e. The van der Waals surface area contributed by atoms with Gasteiger partial charge in [-0.25, -0.2) is 14.2 Å². The lowest BCUT2D eigenvalue weighted by Crippen LogP contribution is -2.31. The number of aryl methyl sites for hydroxylation is 1. The molecule has 2 rings (SSSR count). The van der Waals surface area contributed by atoms with E-state index in [4.69, 9.17) is 4.74 Å². The van der Waals surface area contributed by atoms with Crippen LogP contribution in [0.4, 0.5) is 17.6 Å². The number of hydrogen-bond donors (Lipinski definition) is 1. The van der Waals surface area contributed by atoms with Gasteiger partial charge in [-0.3, -0.25) is 0 Å². The standard InChI is InChI=1S/C18H20F4N2O4/c1-9(18(20,21)22)28-14-7-10(12(19)6-11(14)15(25)27-5)13-8-24(4)16(23-13)17(2,3)26/h6-9,26H,1-5H3. The number of benzene rings is 1. The Bertz CT molecular complexity index is 885. The first-order valence-electron chi connectivity index (χ1n) is 8.17. The van der Waals surface area contributed by atoms with E-state index < -0.39 is 41.0 Å². The Kier molecular flexibility index (Phi) is 5.74. The van der Waals surface area contributed by atoms with Crippen molar-refractivity contribution in [1.29, 1.82) is 0 Å². The summed E-state index contributed by atoms with van der Waals surface area (Å²) in [5.41, 5.74) is -1.96. The second-order valence-electron chi connectivity index (χ2n) is 6.74. The van der Waals surface area contributed by atoms with Crippen LogP contribution in [-0.4, -0.2) is 40.0 Å². The number of imidazole rings is 1. The van der Waals surface area contributed by atoms with Crippen molar-refractivity contribution in [2.24, 2.45) is 7.05 Å². The molecule has 1 unspecified atom stereocenters. The van der Waals surface area contributed by atoms with Gasteiger partial charge in [0.25, 0.3) is 0 Å². The van der Waals surface area contributed by atoms with Gasteiger partial charge >= 0.3 is 12.1 Å². The molecule has 0 aliphatic rings. The Morgan fingerprint density at radius 1 is 1.29 bits per heavy atom. The minimum Gasteiger partial charge on any atom is -0.480 e. The smallest absolute Gasteiger partial charge is 0.425 e. The molecule has 0 aliphatic carbocycles. The molecule has 0 amide bonds. The van der Waals surface area contributed by atoms with Crippen molar-refractivity contribution < 1.29 is 36.9 Å². The van der Waals surface area contributed by atoms with E-state index in [1.54, 1.807) is 7.05 Å². The first kappa shape index (κ1) is 21.7. The summed E-state index contributed by atoms with van der Waals surface area (Å²) < 4.78 is 64.1. The zero-order valence-electron chi connectivity index (χ0n) is 15.9. The quantitative estimate of drug-likeness (QED) is 0.609. The van der Waals surface area contributed by atoms with Crippen molar-refractivity contribution in [3.8, 4) is 17.0 Å². The Hall–Kier alpha value is -2.62. The van der Waals surface area contributed by atoms with Crippen LogP contribution in [0.25, 0.3) is 11.3 Å². The molecule has 0 aliphatic heterocycles. The fraction of sp³-hybridized carbons (Fsp3) is 0.444. The van der Waals surface area contributed by atoms with Crippen molar-refractivity contribution in [3.63, 3.8) is 0 Å². The lowest BCUT2D eigenvalue weighted by Gasteiger charge is -2.20. The third kappa shape index (κ3) is 4.44. The topological polar surface area (TPSA) is 73.6 Å². The average molecular weight is 404 g/mol. The second kappa shape index (κ2) is 7.42. The molecular weight excluding hydrogens is 384 g/mol. The molecule has 0 saturated heterocycles. The Labute approximate surface area is 158 Å². The van der Waals surface area contributed by atoms with E-state index in [0.29, 0.717) is 0 Å². The summed E-state index contributed by atoms with van der Waals surface area (Å²) in [4.78, 5) is 16.0. The average Bonchev–Trinajstić information content (AvgIpc) is 2.96. The summed E-state index contributed by atoms with van der Waals surface area (Å²) in [6, 6.07) is 1.69. The maximum absolute atomic E-state index is 14.6. The molecule has 0 bridgehead atoms. The molecule has 0 saturated carbocycles. The highest BCUT2D eigenvalue weighted by Crippen LogP contribution is 2.34. The molecule has 1 aromatic carbocycles. The number of aliphatic hydroxyl groups is 1. The number of esters is 1. The molecule has 1 atom stereocenters. The lowest BCUT2D eigenvalue weighted by atomic mass is 10.1. The van der Waals surface area contributed by atoms with Crippen LogP contribution in [0.5, 0.6) is 5.75 Å². The third-order valence-electron chi connectivity index (χ3n) is 3.94. The number of methoxy groups -OCH3 is 1. The summed E-state index contributed by atoms with van der Waals surface area (Å²) in [5.74, 6) is -2.24. The number of aromatic nitrogens is 2. The van der Waals surface area contributed by atoms with Gasteiger partial charge < -0.3 is 19.1 Å². The molecule has 154 valence electrons. The molecule has 1 heterocycles. The predicted octanol–water partition coefficient (Wildman–Crippen LogP) is 3.57. The van der Waals surface area contributed by atoms with Crippen LogP contribution in [0.3, 0.4) is 0 Å². The van der Waals surface area contributed by atoms with Crippen molar-refractivity contribution in [1.82, 2.24) is 9.55 Å². The largest absolute Gasteiger partial charge is 0.480 e. The zero-order valence-corrected chi connectivity index (χ0v) is 15.9. The highest BCUT2D eigenvalue weighted by Gasteiger charge is 2.39. The molecule has 6 nitrogen and oxygen atoms in total. The number of hydrogen-bond acceptors (Lipinski definition) is 5. The van der Waals surface area contributed by atoms with Crippen LogP contribution in [-0.2, 0) is 17.4 Å². The molecule has 1 aromatic heterocycles. The maximum atomic E-state index is 14.6. The summed E-state index contributed by atoms with van der Waals surface area (Å²) in [7, 11) is 2.59. The van der Waals surface area contributed by atoms with E-state index in [-0.39, 0.29) is 17.1 Å². The number of alkyl halides is 3. The summed E-state index contributed by atoms with van der Waals surface area (Å²) >= 11 is 0. The monoisotopic (exact) mass is 404 g/mol. The van der Waals surface area contributed by atoms with E-state index in [0.717, 1.165) is 26.2 Å². The SMILES string of the molecule is COC(=O)c1cc(F)c(-c2cn(C)c(C(C)(C)O)n2)cc1OC(C)C(F)(F)F. The molecule has 1 N–H and O–H groups in total. The summed E-state index contributed by atoms with van der Waals surface area (Å²) in [5, 5.41) is 10.1. The van der Waals surface area contributed by atoms with Gasteiger partial charge in [0, 0.05) is 18.8 Å². The first-order chi connectivity index (χ1) is 12.8. The number of rotatable bonds is 5. The van der Waals surface area contributed by atoms with Gasteiger partial charge in [0.1, 0.15) is 28.6 Å². The van der Waals surface area contributed by atoms with E-state index in [1.807, 2.05) is 0 Å². The fourth-order valence-corrected chi connectivity index (χ4v) is 2.54. The summed E-state index contributed by atoms with van der Waals surface area (Å²) in [6.07, 6.45) is -5.54. The van der Waals surface area contributed by atoms with Crippen LogP contribution in [0.1, 0.15) is 37.0 Å². The van der Waals surface area contributed by atoms with E-state index in [1.165, 1.54) is 24.6 Å². The third-order valence-corrected chi connectivity index (χ3v) is 3.94. The number of nitrogens with zero attached hydrogens (tertiary/aromatic N) is 2. The molecule has 10 heteroatoms. The van der Waals surface area contributed by atoms with Crippen molar-refractivity contribution in [2.45, 2.75) is 38.7 Å². The fourth-order valence-electron chi connectivity index (χ4n) is 2.54. The second-order valence-corrected chi connectivity index (χ2v) is 6.74. The van der Waals surface area contributed by atoms with Gasteiger partial charge in [0.2, 0.25) is 0 Å². The molecule has 2 aromatic rings. The van der Waals surface area contributed by atoms with E-state index in [9.17, 15) is 27.5 Å². The normalized spacial score (nSPS) is 13.4. The predicted molar refractivity (Wildman–Crippen MR) is 91.3 cm³/mol. The summed E-state index contributed by atoms with van der Waals surface area (Å²) in [6.45, 7) is 3.72.